The minimum absolute atomic E-state index is 0.0264. The first kappa shape index (κ1) is 25.9. The number of benzene rings is 3. The molecule has 0 heterocycles. The van der Waals surface area contributed by atoms with Crippen LogP contribution in [0.4, 0.5) is 0 Å². The second-order valence-corrected chi connectivity index (χ2v) is 11.8. The van der Waals surface area contributed by atoms with Gasteiger partial charge < -0.3 is 9.84 Å². The third-order valence-corrected chi connectivity index (χ3v) is 7.95. The lowest BCUT2D eigenvalue weighted by Gasteiger charge is -2.19. The van der Waals surface area contributed by atoms with Crippen LogP contribution in [0.2, 0.25) is 0 Å². The number of rotatable bonds is 9. The molecule has 0 radical (unpaired) electrons. The van der Waals surface area contributed by atoms with Crippen LogP contribution in [-0.4, -0.2) is 52.1 Å². The van der Waals surface area contributed by atoms with Crippen LogP contribution in [0, 0.1) is 11.3 Å². The molecule has 11 heteroatoms. The van der Waals surface area contributed by atoms with Crippen LogP contribution < -0.4 is 4.74 Å². The average molecular weight is 515 g/mol. The van der Waals surface area contributed by atoms with E-state index in [-0.39, 0.29) is 27.6 Å². The predicted octanol–water partition coefficient (Wildman–Crippen LogP) is 2.91. The van der Waals surface area contributed by atoms with E-state index in [1.807, 2.05) is 6.07 Å². The van der Waals surface area contributed by atoms with Crippen molar-refractivity contribution in [1.82, 2.24) is 4.31 Å². The minimum atomic E-state index is -3.91. The highest BCUT2D eigenvalue weighted by Gasteiger charge is 2.22. The molecular weight excluding hydrogens is 492 g/mol. The molecule has 9 nitrogen and oxygen atoms in total. The Bertz CT molecular complexity index is 1530. The van der Waals surface area contributed by atoms with Gasteiger partial charge in [0.25, 0.3) is 0 Å². The molecule has 0 aliphatic heterocycles. The Balaban J connectivity index is 2.01. The molecule has 1 N–H and O–H groups in total. The molecule has 0 aromatic heterocycles. The van der Waals surface area contributed by atoms with Crippen LogP contribution in [-0.2, 0) is 31.2 Å². The van der Waals surface area contributed by atoms with Crippen LogP contribution >= 0.6 is 0 Å². The maximum atomic E-state index is 13.0. The number of nitrogens with zero attached hydrogens (tertiary/aromatic N) is 2. The molecule has 3 rings (SSSR count). The van der Waals surface area contributed by atoms with E-state index >= 15 is 0 Å². The molecule has 0 unspecified atom stereocenters. The first-order chi connectivity index (χ1) is 16.4. The van der Waals surface area contributed by atoms with Gasteiger partial charge in [-0.25, -0.2) is 21.6 Å². The number of carboxylic acid groups (broad SMARTS) is 1. The summed E-state index contributed by atoms with van der Waals surface area (Å²) in [7, 11) is -6.02. The maximum absolute atomic E-state index is 13.0. The van der Waals surface area contributed by atoms with E-state index < -0.39 is 32.4 Å². The fourth-order valence-corrected chi connectivity index (χ4v) is 5.18. The highest BCUT2D eigenvalue weighted by molar-refractivity contribution is 7.90. The lowest BCUT2D eigenvalue weighted by atomic mass is 10.0. The van der Waals surface area contributed by atoms with Crippen LogP contribution in [0.3, 0.4) is 0 Å². The van der Waals surface area contributed by atoms with E-state index in [2.05, 4.69) is 0 Å². The first-order valence-electron chi connectivity index (χ1n) is 10.2. The van der Waals surface area contributed by atoms with Crippen molar-refractivity contribution in [2.24, 2.45) is 0 Å². The zero-order chi connectivity index (χ0) is 25.8. The monoisotopic (exact) mass is 514 g/mol. The highest BCUT2D eigenvalue weighted by atomic mass is 32.2. The molecule has 35 heavy (non-hydrogen) atoms. The lowest BCUT2D eigenvalue weighted by molar-refractivity contribution is -0.139. The van der Waals surface area contributed by atoms with Gasteiger partial charge in [-0.2, -0.15) is 9.57 Å². The predicted molar refractivity (Wildman–Crippen MR) is 128 cm³/mol. The Labute approximate surface area is 203 Å². The summed E-state index contributed by atoms with van der Waals surface area (Å²) in [4.78, 5) is 11.1. The number of sulfone groups is 1. The largest absolute Gasteiger partial charge is 0.481 e. The van der Waals surface area contributed by atoms with Gasteiger partial charge in [-0.3, -0.25) is 0 Å². The zero-order valence-electron chi connectivity index (χ0n) is 18.9. The number of carbonyl (C=O) groups is 1. The Morgan fingerprint density at radius 2 is 1.69 bits per heavy atom. The van der Waals surface area contributed by atoms with Crippen molar-refractivity contribution in [3.63, 3.8) is 0 Å². The smallest absolute Gasteiger partial charge is 0.341 e. The Morgan fingerprint density at radius 1 is 1.00 bits per heavy atom. The molecular formula is C24H22N2O7S2. The van der Waals surface area contributed by atoms with Gasteiger partial charge in [0, 0.05) is 25.4 Å². The maximum Gasteiger partial charge on any atom is 0.341 e. The number of ether oxygens (including phenoxy) is 1. The molecule has 0 fully saturated rings. The molecule has 3 aromatic rings. The van der Waals surface area contributed by atoms with Crippen molar-refractivity contribution in [2.45, 2.75) is 16.3 Å². The van der Waals surface area contributed by atoms with Gasteiger partial charge in [0.2, 0.25) is 10.0 Å². The number of hydrogen-bond acceptors (Lipinski definition) is 7. The number of sulfonamides is 1. The SMILES string of the molecule is CN(Cc1ccc(OCC(=O)O)c(-c2cccc(S(C)(=O)=O)c2)c1)S(=O)(=O)c1cccc(C#N)c1. The molecule has 0 aliphatic rings. The zero-order valence-corrected chi connectivity index (χ0v) is 20.5. The van der Waals surface area contributed by atoms with E-state index in [9.17, 15) is 21.6 Å². The van der Waals surface area contributed by atoms with Crippen LogP contribution in [0.25, 0.3) is 11.1 Å². The van der Waals surface area contributed by atoms with Gasteiger partial charge >= 0.3 is 5.97 Å². The molecule has 0 aliphatic carbocycles. The third kappa shape index (κ3) is 6.24. The summed E-state index contributed by atoms with van der Waals surface area (Å²) in [5.41, 5.74) is 1.64. The number of nitriles is 1. The molecule has 0 bridgehead atoms. The second kappa shape index (κ2) is 10.3. The Morgan fingerprint density at radius 3 is 2.34 bits per heavy atom. The standard InChI is InChI=1S/C24H22N2O7S2/c1-26(35(31,32)21-8-3-5-17(11-21)14-25)15-18-9-10-23(33-16-24(27)28)22(12-18)19-6-4-7-20(13-19)34(2,29)30/h3-13H,15-16H2,1-2H3,(H,27,28). The van der Waals surface area contributed by atoms with E-state index in [1.165, 1.54) is 49.5 Å². The summed E-state index contributed by atoms with van der Waals surface area (Å²) < 4.78 is 56.6. The first-order valence-corrected chi connectivity index (χ1v) is 13.5. The van der Waals surface area contributed by atoms with Gasteiger partial charge in [0.05, 0.1) is 21.4 Å². The molecule has 0 saturated heterocycles. The summed E-state index contributed by atoms with van der Waals surface area (Å²) in [5.74, 6) is -0.982. The number of hydrogen-bond donors (Lipinski definition) is 1. The fourth-order valence-electron chi connectivity index (χ4n) is 3.31. The summed E-state index contributed by atoms with van der Waals surface area (Å²) in [5, 5.41) is 18.1. The van der Waals surface area contributed by atoms with Crippen molar-refractivity contribution in [3.8, 4) is 22.9 Å². The van der Waals surface area contributed by atoms with Gasteiger partial charge in [-0.15, -0.1) is 0 Å². The second-order valence-electron chi connectivity index (χ2n) is 7.71. The molecule has 182 valence electrons. The van der Waals surface area contributed by atoms with Crippen molar-refractivity contribution in [1.29, 1.82) is 5.26 Å². The van der Waals surface area contributed by atoms with Gasteiger partial charge in [0.15, 0.2) is 16.4 Å². The normalized spacial score (nSPS) is 11.7. The van der Waals surface area contributed by atoms with Gasteiger partial charge in [0.1, 0.15) is 5.75 Å². The van der Waals surface area contributed by atoms with Crippen molar-refractivity contribution >= 4 is 25.8 Å². The van der Waals surface area contributed by atoms with Crippen LogP contribution in [0.1, 0.15) is 11.1 Å². The average Bonchev–Trinajstić information content (AvgIpc) is 2.82. The highest BCUT2D eigenvalue weighted by Crippen LogP contribution is 2.33. The fraction of sp³-hybridized carbons (Fsp3) is 0.167. The van der Waals surface area contributed by atoms with Crippen LogP contribution in [0.5, 0.6) is 5.75 Å². The van der Waals surface area contributed by atoms with E-state index in [0.717, 1.165) is 10.6 Å². The van der Waals surface area contributed by atoms with E-state index in [4.69, 9.17) is 15.1 Å². The van der Waals surface area contributed by atoms with Gasteiger partial charge in [-0.1, -0.05) is 24.3 Å². The summed E-state index contributed by atoms with van der Waals surface area (Å²) in [6.45, 7) is -0.654. The van der Waals surface area contributed by atoms with Crippen molar-refractivity contribution < 1.29 is 31.5 Å². The van der Waals surface area contributed by atoms with Gasteiger partial charge in [-0.05, 0) is 53.6 Å². The Kier molecular flexibility index (Phi) is 7.60. The quantitative estimate of drug-likeness (QED) is 0.459. The van der Waals surface area contributed by atoms with E-state index in [0.29, 0.717) is 16.7 Å². The number of aliphatic carboxylic acids is 1. The third-order valence-electron chi connectivity index (χ3n) is 5.04. The number of carboxylic acids is 1. The lowest BCUT2D eigenvalue weighted by Crippen LogP contribution is -2.26. The van der Waals surface area contributed by atoms with Crippen LogP contribution in [0.15, 0.2) is 76.5 Å². The molecule has 0 atom stereocenters. The van der Waals surface area contributed by atoms with Crippen molar-refractivity contribution in [2.75, 3.05) is 19.9 Å². The molecule has 0 spiro atoms. The summed E-state index contributed by atoms with van der Waals surface area (Å²) in [6.07, 6.45) is 1.07. The Hall–Kier alpha value is -3.72. The minimum Gasteiger partial charge on any atom is -0.481 e. The van der Waals surface area contributed by atoms with Crippen molar-refractivity contribution in [3.05, 3.63) is 77.9 Å². The van der Waals surface area contributed by atoms with E-state index in [1.54, 1.807) is 24.3 Å². The molecule has 0 amide bonds. The topological polar surface area (TPSA) is 142 Å². The molecule has 3 aromatic carbocycles. The summed E-state index contributed by atoms with van der Waals surface area (Å²) in [6, 6.07) is 18.4. The summed E-state index contributed by atoms with van der Waals surface area (Å²) >= 11 is 0. The molecule has 0 saturated carbocycles.